The monoisotopic (exact) mass is 395 g/mol. The van der Waals surface area contributed by atoms with Gasteiger partial charge in [-0.05, 0) is 48.2 Å². The van der Waals surface area contributed by atoms with Crippen molar-refractivity contribution in [2.75, 3.05) is 5.32 Å². The molecule has 0 atom stereocenters. The van der Waals surface area contributed by atoms with Gasteiger partial charge in [0.25, 0.3) is 0 Å². The third-order valence-electron chi connectivity index (χ3n) is 5.01. The third-order valence-corrected chi connectivity index (χ3v) is 5.01. The van der Waals surface area contributed by atoms with Crippen molar-refractivity contribution in [3.63, 3.8) is 0 Å². The molecule has 1 aliphatic rings. The number of carbonyl (C=O) groups excluding carboxylic acids is 2. The molecular weight excluding hydrogens is 376 g/mol. The number of nitrogens with zero attached hydrogens (tertiary/aromatic N) is 1. The van der Waals surface area contributed by atoms with E-state index < -0.39 is 11.6 Å². The molecule has 29 heavy (non-hydrogen) atoms. The molecule has 0 unspecified atom stereocenters. The first-order valence-corrected chi connectivity index (χ1v) is 9.37. The second kappa shape index (κ2) is 7.58. The van der Waals surface area contributed by atoms with Crippen LogP contribution < -0.4 is 5.32 Å². The first-order chi connectivity index (χ1) is 13.9. The van der Waals surface area contributed by atoms with Crippen LogP contribution in [0.2, 0.25) is 0 Å². The number of anilines is 1. The van der Waals surface area contributed by atoms with E-state index in [0.29, 0.717) is 23.4 Å². The number of aromatic nitrogens is 2. The van der Waals surface area contributed by atoms with Gasteiger partial charge in [0.1, 0.15) is 5.82 Å². The van der Waals surface area contributed by atoms with E-state index in [2.05, 4.69) is 15.3 Å². The Hall–Kier alpha value is -3.35. The molecule has 5 nitrogen and oxygen atoms in total. The summed E-state index contributed by atoms with van der Waals surface area (Å²) in [5, 5.41) is 2.65. The highest BCUT2D eigenvalue weighted by molar-refractivity contribution is 6.01. The minimum atomic E-state index is -0.920. The zero-order chi connectivity index (χ0) is 20.5. The lowest BCUT2D eigenvalue weighted by molar-refractivity contribution is -0.114. The van der Waals surface area contributed by atoms with Crippen LogP contribution in [0.15, 0.2) is 36.5 Å². The second-order valence-electron chi connectivity index (χ2n) is 7.15. The van der Waals surface area contributed by atoms with Gasteiger partial charge in [0.05, 0.1) is 5.69 Å². The van der Waals surface area contributed by atoms with Crippen LogP contribution in [0.3, 0.4) is 0 Å². The van der Waals surface area contributed by atoms with Gasteiger partial charge in [-0.2, -0.15) is 0 Å². The Kier molecular flexibility index (Phi) is 4.96. The smallest absolute Gasteiger partial charge is 0.222 e. The van der Waals surface area contributed by atoms with Crippen LogP contribution in [-0.4, -0.2) is 21.7 Å². The highest BCUT2D eigenvalue weighted by Crippen LogP contribution is 2.35. The normalized spacial score (nSPS) is 13.3. The van der Waals surface area contributed by atoms with E-state index in [-0.39, 0.29) is 18.1 Å². The molecule has 0 radical (unpaired) electrons. The van der Waals surface area contributed by atoms with E-state index in [9.17, 15) is 18.4 Å². The molecule has 1 aliphatic carbocycles. The molecule has 3 aromatic rings. The van der Waals surface area contributed by atoms with Gasteiger partial charge in [0, 0.05) is 42.8 Å². The Labute approximate surface area is 166 Å². The number of carbonyl (C=O) groups is 2. The maximum absolute atomic E-state index is 13.7. The number of pyridine rings is 1. The molecule has 4 rings (SSSR count). The number of hydrogen-bond donors (Lipinski definition) is 2. The number of fused-ring (bicyclic) bond motifs is 1. The highest BCUT2D eigenvalue weighted by Gasteiger charge is 2.27. The lowest BCUT2D eigenvalue weighted by atomic mass is 9.89. The molecule has 2 heterocycles. The molecule has 148 valence electrons. The van der Waals surface area contributed by atoms with Crippen LogP contribution in [-0.2, 0) is 17.6 Å². The van der Waals surface area contributed by atoms with Crippen molar-refractivity contribution in [3.8, 4) is 11.3 Å². The predicted octanol–water partition coefficient (Wildman–Crippen LogP) is 4.42. The molecule has 0 aliphatic heterocycles. The zero-order valence-electron chi connectivity index (χ0n) is 15.8. The van der Waals surface area contributed by atoms with Gasteiger partial charge in [0.2, 0.25) is 5.91 Å². The zero-order valence-corrected chi connectivity index (χ0v) is 15.8. The number of aryl methyl sites for hydroxylation is 1. The van der Waals surface area contributed by atoms with E-state index in [1.165, 1.54) is 13.0 Å². The van der Waals surface area contributed by atoms with Gasteiger partial charge in [-0.15, -0.1) is 0 Å². The van der Waals surface area contributed by atoms with E-state index >= 15 is 0 Å². The summed E-state index contributed by atoms with van der Waals surface area (Å²) in [5.74, 6) is -1.63. The minimum Gasteiger partial charge on any atom is -0.358 e. The topological polar surface area (TPSA) is 74.8 Å². The third kappa shape index (κ3) is 3.81. The van der Waals surface area contributed by atoms with Gasteiger partial charge in [0.15, 0.2) is 17.4 Å². The fourth-order valence-electron chi connectivity index (χ4n) is 3.78. The summed E-state index contributed by atoms with van der Waals surface area (Å²) < 4.78 is 27.1. The van der Waals surface area contributed by atoms with Crippen molar-refractivity contribution in [1.82, 2.24) is 9.97 Å². The summed E-state index contributed by atoms with van der Waals surface area (Å²) in [5.41, 5.74) is 4.28. The van der Waals surface area contributed by atoms with Crippen LogP contribution >= 0.6 is 0 Å². The molecule has 0 fully saturated rings. The maximum Gasteiger partial charge on any atom is 0.222 e. The summed E-state index contributed by atoms with van der Waals surface area (Å²) in [7, 11) is 0. The van der Waals surface area contributed by atoms with Crippen molar-refractivity contribution in [2.24, 2.45) is 0 Å². The molecule has 2 aromatic heterocycles. The Morgan fingerprint density at radius 3 is 2.76 bits per heavy atom. The number of rotatable bonds is 4. The first-order valence-electron chi connectivity index (χ1n) is 9.37. The fourth-order valence-corrected chi connectivity index (χ4v) is 3.78. The molecule has 1 amide bonds. The average Bonchev–Trinajstić information content (AvgIpc) is 3.04. The number of nitrogens with one attached hydrogen (secondary N) is 2. The average molecular weight is 395 g/mol. The molecular formula is C22H19F2N3O2. The molecule has 2 N–H and O–H groups in total. The van der Waals surface area contributed by atoms with Gasteiger partial charge in [-0.25, -0.2) is 13.8 Å². The quantitative estimate of drug-likeness (QED) is 0.687. The van der Waals surface area contributed by atoms with Gasteiger partial charge in [-0.3, -0.25) is 9.59 Å². The van der Waals surface area contributed by atoms with Crippen LogP contribution in [0.5, 0.6) is 0 Å². The number of benzene rings is 1. The van der Waals surface area contributed by atoms with E-state index in [0.717, 1.165) is 47.5 Å². The molecule has 0 bridgehead atoms. The SMILES string of the molecule is CC(=O)Nc1cc(-c2[nH]c3c(c2Cc2ccc(F)c(F)c2)C(=O)CCC3)ccn1. The summed E-state index contributed by atoms with van der Waals surface area (Å²) in [6.45, 7) is 1.40. The lowest BCUT2D eigenvalue weighted by Crippen LogP contribution is -2.11. The number of Topliss-reactive ketones (excluding diaryl/α,β-unsaturated/α-hetero) is 1. The molecule has 7 heteroatoms. The van der Waals surface area contributed by atoms with Gasteiger partial charge < -0.3 is 10.3 Å². The van der Waals surface area contributed by atoms with Gasteiger partial charge in [-0.1, -0.05) is 6.07 Å². The Bertz CT molecular complexity index is 1120. The number of aromatic amines is 1. The minimum absolute atomic E-state index is 0.0440. The Balaban J connectivity index is 1.83. The van der Waals surface area contributed by atoms with Crippen LogP contribution in [0, 0.1) is 11.6 Å². The first kappa shape index (κ1) is 19.0. The molecule has 1 aromatic carbocycles. The highest BCUT2D eigenvalue weighted by atomic mass is 19.2. The van der Waals surface area contributed by atoms with E-state index in [1.807, 2.05) is 0 Å². The predicted molar refractivity (Wildman–Crippen MR) is 105 cm³/mol. The Morgan fingerprint density at radius 1 is 1.17 bits per heavy atom. The summed E-state index contributed by atoms with van der Waals surface area (Å²) in [6, 6.07) is 7.26. The molecule has 0 saturated heterocycles. The standard InChI is InChI=1S/C22H19F2N3O2/c1-12(28)26-20-11-14(7-8-25-20)22-15(9-13-5-6-16(23)17(24)10-13)21-18(27-22)3-2-4-19(21)29/h5-8,10-11,27H,2-4,9H2,1H3,(H,25,26,28). The number of ketones is 1. The van der Waals surface area contributed by atoms with Gasteiger partial charge >= 0.3 is 0 Å². The molecule has 0 spiro atoms. The fraction of sp³-hybridized carbons (Fsp3) is 0.227. The maximum atomic E-state index is 13.7. The van der Waals surface area contributed by atoms with Crippen molar-refractivity contribution in [3.05, 3.63) is 70.5 Å². The summed E-state index contributed by atoms with van der Waals surface area (Å²) >= 11 is 0. The Morgan fingerprint density at radius 2 is 2.00 bits per heavy atom. The number of H-pyrrole nitrogens is 1. The van der Waals surface area contributed by atoms with Crippen molar-refractivity contribution in [1.29, 1.82) is 0 Å². The van der Waals surface area contributed by atoms with Crippen LogP contribution in [0.25, 0.3) is 11.3 Å². The molecule has 0 saturated carbocycles. The van der Waals surface area contributed by atoms with Crippen LogP contribution in [0.1, 0.15) is 46.9 Å². The number of halogens is 2. The van der Waals surface area contributed by atoms with Crippen molar-refractivity contribution < 1.29 is 18.4 Å². The van der Waals surface area contributed by atoms with Crippen LogP contribution in [0.4, 0.5) is 14.6 Å². The second-order valence-corrected chi connectivity index (χ2v) is 7.15. The van der Waals surface area contributed by atoms with E-state index in [1.54, 1.807) is 18.3 Å². The summed E-state index contributed by atoms with van der Waals surface area (Å²) in [4.78, 5) is 31.5. The lowest BCUT2D eigenvalue weighted by Gasteiger charge is -2.12. The van der Waals surface area contributed by atoms with Crippen molar-refractivity contribution in [2.45, 2.75) is 32.6 Å². The van der Waals surface area contributed by atoms with Crippen molar-refractivity contribution >= 4 is 17.5 Å². The number of hydrogen-bond acceptors (Lipinski definition) is 3. The van der Waals surface area contributed by atoms with E-state index in [4.69, 9.17) is 0 Å². The largest absolute Gasteiger partial charge is 0.358 e. The summed E-state index contributed by atoms with van der Waals surface area (Å²) in [6.07, 6.45) is 3.83. The number of amides is 1.